The molecular weight excluding hydrogens is 428 g/mol. The fraction of sp³-hybridized carbons (Fsp3) is 0.476. The highest BCUT2D eigenvalue weighted by atomic mass is 32.2. The molecule has 31 heavy (non-hydrogen) atoms. The molecule has 172 valence electrons. The van der Waals surface area contributed by atoms with Crippen LogP contribution >= 0.6 is 0 Å². The Morgan fingerprint density at radius 3 is 2.58 bits per heavy atom. The van der Waals surface area contributed by atoms with Crippen LogP contribution in [0.15, 0.2) is 35.5 Å². The van der Waals surface area contributed by atoms with Crippen LogP contribution in [-0.2, 0) is 19.4 Å². The molecule has 0 bridgehead atoms. The van der Waals surface area contributed by atoms with Crippen molar-refractivity contribution in [1.29, 1.82) is 0 Å². The maximum absolute atomic E-state index is 14.0. The second kappa shape index (κ2) is 10.7. The molecule has 0 saturated heterocycles. The summed E-state index contributed by atoms with van der Waals surface area (Å²) in [7, 11) is -3.19. The van der Waals surface area contributed by atoms with Crippen LogP contribution in [-0.4, -0.2) is 45.1 Å². The van der Waals surface area contributed by atoms with Crippen molar-refractivity contribution in [3.8, 4) is 0 Å². The zero-order valence-corrected chi connectivity index (χ0v) is 18.5. The van der Waals surface area contributed by atoms with Gasteiger partial charge in [-0.25, -0.2) is 17.2 Å². The number of hydrogen-bond donors (Lipinski definition) is 3. The number of ether oxygens (including phenoxy) is 1. The summed E-state index contributed by atoms with van der Waals surface area (Å²) in [5, 5.41) is 2.56. The van der Waals surface area contributed by atoms with Crippen LogP contribution < -0.4 is 16.8 Å². The molecule has 0 radical (unpaired) electrons. The van der Waals surface area contributed by atoms with Gasteiger partial charge in [0, 0.05) is 24.2 Å². The molecule has 1 unspecified atom stereocenters. The molecule has 0 saturated carbocycles. The van der Waals surface area contributed by atoms with Gasteiger partial charge < -0.3 is 21.5 Å². The van der Waals surface area contributed by atoms with E-state index in [0.29, 0.717) is 37.0 Å². The summed E-state index contributed by atoms with van der Waals surface area (Å²) in [4.78, 5) is 12.4. The van der Waals surface area contributed by atoms with Crippen LogP contribution in [0.1, 0.15) is 38.2 Å². The lowest BCUT2D eigenvalue weighted by atomic mass is 9.92. The van der Waals surface area contributed by atoms with Crippen molar-refractivity contribution in [2.45, 2.75) is 44.8 Å². The second-order valence-electron chi connectivity index (χ2n) is 7.51. The van der Waals surface area contributed by atoms with Crippen LogP contribution in [0.2, 0.25) is 0 Å². The highest BCUT2D eigenvalue weighted by molar-refractivity contribution is 7.90. The van der Waals surface area contributed by atoms with E-state index in [1.807, 2.05) is 0 Å². The summed E-state index contributed by atoms with van der Waals surface area (Å²) < 4.78 is 56.3. The average Bonchev–Trinajstić information content (AvgIpc) is 2.67. The van der Waals surface area contributed by atoms with Gasteiger partial charge in [-0.15, -0.1) is 0 Å². The van der Waals surface area contributed by atoms with E-state index < -0.39 is 39.6 Å². The van der Waals surface area contributed by atoms with Crippen LogP contribution in [0.3, 0.4) is 0 Å². The van der Waals surface area contributed by atoms with Crippen LogP contribution in [0, 0.1) is 11.6 Å². The summed E-state index contributed by atoms with van der Waals surface area (Å²) in [5.41, 5.74) is 12.7. The van der Waals surface area contributed by atoms with Crippen LogP contribution in [0.5, 0.6) is 0 Å². The normalized spacial score (nSPS) is 18.7. The number of nitrogens with one attached hydrogen (secondary N) is 1. The molecule has 1 aliphatic rings. The third-order valence-corrected chi connectivity index (χ3v) is 5.92. The molecule has 0 aromatic heterocycles. The molecule has 1 aromatic carbocycles. The van der Waals surface area contributed by atoms with E-state index in [2.05, 4.69) is 5.32 Å². The first kappa shape index (κ1) is 24.8. The number of carbonyl (C=O) groups is 1. The topological polar surface area (TPSA) is 125 Å². The lowest BCUT2D eigenvalue weighted by Crippen LogP contribution is -2.41. The standard InChI is InChI=1S/C21H29F2N3O4S/c1-3-17(21(27)26-10-11-31(2,28)29)30-18-9-4-6-13(20(18)25)12-16(24)19-14(22)7-5-8-15(19)23/h5,7-8,12,17-18H,3-4,6,9-11,24-25H2,1-2H3,(H,26,27)/b16-12-/t17-,18?/m0/s1. The first-order valence-electron chi connectivity index (χ1n) is 10.0. The maximum Gasteiger partial charge on any atom is 0.249 e. The largest absolute Gasteiger partial charge is 0.400 e. The number of carbonyl (C=O) groups excluding carboxylic acids is 1. The van der Waals surface area contributed by atoms with Gasteiger partial charge in [0.25, 0.3) is 0 Å². The second-order valence-corrected chi connectivity index (χ2v) is 9.77. The predicted octanol–water partition coefficient (Wildman–Crippen LogP) is 1.99. The van der Waals surface area contributed by atoms with Crippen molar-refractivity contribution >= 4 is 21.4 Å². The molecule has 0 spiro atoms. The van der Waals surface area contributed by atoms with E-state index in [4.69, 9.17) is 16.2 Å². The fourth-order valence-corrected chi connectivity index (χ4v) is 3.80. The highest BCUT2D eigenvalue weighted by Gasteiger charge is 2.27. The summed E-state index contributed by atoms with van der Waals surface area (Å²) in [6.45, 7) is 1.76. The van der Waals surface area contributed by atoms with Gasteiger partial charge in [0.15, 0.2) is 0 Å². The number of hydrogen-bond acceptors (Lipinski definition) is 6. The number of amides is 1. The molecular formula is C21H29F2N3O4S. The number of benzene rings is 1. The number of rotatable bonds is 9. The van der Waals surface area contributed by atoms with E-state index in [9.17, 15) is 22.0 Å². The van der Waals surface area contributed by atoms with E-state index in [0.717, 1.165) is 18.4 Å². The number of allylic oxidation sites excluding steroid dienone is 2. The van der Waals surface area contributed by atoms with Gasteiger partial charge in [-0.05, 0) is 49.5 Å². The minimum Gasteiger partial charge on any atom is -0.400 e. The molecule has 0 heterocycles. The molecule has 0 fully saturated rings. The minimum absolute atomic E-state index is 0.00770. The summed E-state index contributed by atoms with van der Waals surface area (Å²) in [6, 6.07) is 3.50. The van der Waals surface area contributed by atoms with Crippen LogP contribution in [0.4, 0.5) is 8.78 Å². The van der Waals surface area contributed by atoms with Crippen molar-refractivity contribution in [1.82, 2.24) is 5.32 Å². The highest BCUT2D eigenvalue weighted by Crippen LogP contribution is 2.29. The zero-order valence-electron chi connectivity index (χ0n) is 17.7. The van der Waals surface area contributed by atoms with Crippen molar-refractivity contribution < 1.29 is 26.7 Å². The van der Waals surface area contributed by atoms with E-state index >= 15 is 0 Å². The van der Waals surface area contributed by atoms with Gasteiger partial charge in [-0.3, -0.25) is 4.79 Å². The Hall–Kier alpha value is -2.46. The van der Waals surface area contributed by atoms with E-state index in [-0.39, 0.29) is 23.6 Å². The third-order valence-electron chi connectivity index (χ3n) is 4.98. The Bertz CT molecular complexity index is 957. The zero-order chi connectivity index (χ0) is 23.2. The van der Waals surface area contributed by atoms with Gasteiger partial charge in [-0.1, -0.05) is 13.0 Å². The molecule has 1 aromatic rings. The lowest BCUT2D eigenvalue weighted by molar-refractivity contribution is -0.136. The van der Waals surface area contributed by atoms with Gasteiger partial charge in [0.05, 0.1) is 17.4 Å². The van der Waals surface area contributed by atoms with Crippen molar-refractivity contribution in [3.05, 3.63) is 52.7 Å². The molecule has 7 nitrogen and oxygen atoms in total. The molecule has 0 aliphatic heterocycles. The van der Waals surface area contributed by atoms with Gasteiger partial charge >= 0.3 is 0 Å². The third kappa shape index (κ3) is 7.03. The van der Waals surface area contributed by atoms with Crippen molar-refractivity contribution in [3.63, 3.8) is 0 Å². The quantitative estimate of drug-likeness (QED) is 0.521. The van der Waals surface area contributed by atoms with E-state index in [1.54, 1.807) is 6.92 Å². The SMILES string of the molecule is CC[C@H](OC1CCCC(/C=C(\N)c2c(F)cccc2F)=C1N)C(=O)NCCS(C)(=O)=O. The summed E-state index contributed by atoms with van der Waals surface area (Å²) >= 11 is 0. The summed E-state index contributed by atoms with van der Waals surface area (Å²) in [5.74, 6) is -2.13. The lowest BCUT2D eigenvalue weighted by Gasteiger charge is -2.28. The first-order chi connectivity index (χ1) is 14.5. The Balaban J connectivity index is 2.15. The van der Waals surface area contributed by atoms with Crippen molar-refractivity contribution in [2.75, 3.05) is 18.6 Å². The monoisotopic (exact) mass is 457 g/mol. The predicted molar refractivity (Wildman–Crippen MR) is 115 cm³/mol. The van der Waals surface area contributed by atoms with E-state index in [1.165, 1.54) is 12.1 Å². The molecule has 1 amide bonds. The Labute approximate surface area is 181 Å². The fourth-order valence-electron chi connectivity index (χ4n) is 3.33. The Kier molecular flexibility index (Phi) is 8.58. The Morgan fingerprint density at radius 2 is 2.00 bits per heavy atom. The molecule has 2 atom stereocenters. The first-order valence-corrected chi connectivity index (χ1v) is 12.1. The smallest absolute Gasteiger partial charge is 0.249 e. The average molecular weight is 458 g/mol. The number of sulfone groups is 1. The number of nitrogens with two attached hydrogens (primary N) is 2. The number of halogens is 2. The summed E-state index contributed by atoms with van der Waals surface area (Å²) in [6.07, 6.45) is 3.34. The molecule has 10 heteroatoms. The maximum atomic E-state index is 14.0. The minimum atomic E-state index is -3.19. The Morgan fingerprint density at radius 1 is 1.35 bits per heavy atom. The molecule has 1 aliphatic carbocycles. The van der Waals surface area contributed by atoms with Gasteiger partial charge in [0.1, 0.15) is 27.6 Å². The molecule has 2 rings (SSSR count). The van der Waals surface area contributed by atoms with Crippen LogP contribution in [0.25, 0.3) is 5.70 Å². The molecule has 5 N–H and O–H groups in total. The van der Waals surface area contributed by atoms with Crippen molar-refractivity contribution in [2.24, 2.45) is 11.5 Å². The van der Waals surface area contributed by atoms with Gasteiger partial charge in [-0.2, -0.15) is 0 Å². The van der Waals surface area contributed by atoms with Gasteiger partial charge in [0.2, 0.25) is 5.91 Å².